The number of rotatable bonds is 6. The molecule has 0 bridgehead atoms. The van der Waals surface area contributed by atoms with Gasteiger partial charge in [0.25, 0.3) is 5.56 Å². The standard InChI is InChI=1S/C20H17ClN4O4S/c1-24-16(21)9-22-17(24)11-30-20-23-15-8-12(19(27)28-2)5-6-14(15)18(26)25(20)10-13-4-3-7-29-13/h3-9H,10-11H2,1-2H3. The minimum absolute atomic E-state index is 0.229. The number of ether oxygens (including phenoxy) is 1. The summed E-state index contributed by atoms with van der Waals surface area (Å²) in [6.45, 7) is 0.233. The van der Waals surface area contributed by atoms with Crippen LogP contribution in [-0.4, -0.2) is 32.2 Å². The quantitative estimate of drug-likeness (QED) is 0.255. The zero-order valence-corrected chi connectivity index (χ0v) is 17.7. The van der Waals surface area contributed by atoms with Crippen LogP contribution in [0.4, 0.5) is 0 Å². The lowest BCUT2D eigenvalue weighted by Crippen LogP contribution is -2.24. The molecule has 0 radical (unpaired) electrons. The van der Waals surface area contributed by atoms with E-state index in [-0.39, 0.29) is 12.1 Å². The van der Waals surface area contributed by atoms with E-state index in [1.165, 1.54) is 18.9 Å². The van der Waals surface area contributed by atoms with Crippen molar-refractivity contribution < 1.29 is 13.9 Å². The average molecular weight is 445 g/mol. The van der Waals surface area contributed by atoms with E-state index in [2.05, 4.69) is 9.97 Å². The summed E-state index contributed by atoms with van der Waals surface area (Å²) in [5, 5.41) is 1.40. The molecule has 3 heterocycles. The van der Waals surface area contributed by atoms with Gasteiger partial charge in [-0.3, -0.25) is 9.36 Å². The van der Waals surface area contributed by atoms with Crippen LogP contribution in [0.3, 0.4) is 0 Å². The summed E-state index contributed by atoms with van der Waals surface area (Å²) in [6.07, 6.45) is 3.13. The lowest BCUT2D eigenvalue weighted by Gasteiger charge is -2.12. The average Bonchev–Trinajstić information content (AvgIpc) is 3.38. The second kappa shape index (κ2) is 8.37. The third-order valence-electron chi connectivity index (χ3n) is 4.59. The van der Waals surface area contributed by atoms with Crippen LogP contribution in [0.25, 0.3) is 10.9 Å². The van der Waals surface area contributed by atoms with Crippen LogP contribution >= 0.6 is 23.4 Å². The largest absolute Gasteiger partial charge is 0.467 e. The predicted octanol–water partition coefficient (Wildman–Crippen LogP) is 3.50. The monoisotopic (exact) mass is 444 g/mol. The normalized spacial score (nSPS) is 11.2. The Morgan fingerprint density at radius 1 is 1.33 bits per heavy atom. The molecule has 1 aromatic carbocycles. The molecule has 4 rings (SSSR count). The molecular formula is C20H17ClN4O4S. The number of hydrogen-bond acceptors (Lipinski definition) is 7. The van der Waals surface area contributed by atoms with Gasteiger partial charge in [0, 0.05) is 7.05 Å². The SMILES string of the molecule is COC(=O)c1ccc2c(=O)n(Cc3ccco3)c(SCc3ncc(Cl)n3C)nc2c1. The lowest BCUT2D eigenvalue weighted by molar-refractivity contribution is 0.0601. The molecule has 8 nitrogen and oxygen atoms in total. The Morgan fingerprint density at radius 2 is 2.17 bits per heavy atom. The van der Waals surface area contributed by atoms with Crippen LogP contribution in [-0.2, 0) is 24.1 Å². The van der Waals surface area contributed by atoms with Gasteiger partial charge in [0.2, 0.25) is 0 Å². The molecule has 0 amide bonds. The van der Waals surface area contributed by atoms with Gasteiger partial charge in [0.15, 0.2) is 5.16 Å². The minimum Gasteiger partial charge on any atom is -0.467 e. The number of halogens is 1. The van der Waals surface area contributed by atoms with Crippen molar-refractivity contribution in [3.05, 3.63) is 75.4 Å². The van der Waals surface area contributed by atoms with Crippen LogP contribution in [0, 0.1) is 0 Å². The van der Waals surface area contributed by atoms with E-state index in [0.29, 0.717) is 38.3 Å². The molecular weight excluding hydrogens is 428 g/mol. The van der Waals surface area contributed by atoms with Crippen molar-refractivity contribution in [2.24, 2.45) is 7.05 Å². The maximum Gasteiger partial charge on any atom is 0.337 e. The van der Waals surface area contributed by atoms with Crippen molar-refractivity contribution in [2.75, 3.05) is 7.11 Å². The zero-order chi connectivity index (χ0) is 21.3. The summed E-state index contributed by atoms with van der Waals surface area (Å²) in [5.41, 5.74) is 0.514. The van der Waals surface area contributed by atoms with Gasteiger partial charge in [-0.15, -0.1) is 0 Å². The molecule has 0 saturated carbocycles. The number of carbonyl (C=O) groups excluding carboxylic acids is 1. The van der Waals surface area contributed by atoms with Gasteiger partial charge in [0.05, 0.1) is 48.3 Å². The molecule has 0 spiro atoms. The van der Waals surface area contributed by atoms with E-state index in [9.17, 15) is 9.59 Å². The second-order valence-corrected chi connectivity index (χ2v) is 7.76. The molecule has 154 valence electrons. The number of esters is 1. The van der Waals surface area contributed by atoms with Crippen molar-refractivity contribution >= 4 is 40.2 Å². The number of fused-ring (bicyclic) bond motifs is 1. The molecule has 0 aliphatic rings. The molecule has 4 aromatic rings. The van der Waals surface area contributed by atoms with Crippen molar-refractivity contribution in [1.82, 2.24) is 19.1 Å². The molecule has 3 aromatic heterocycles. The number of thioether (sulfide) groups is 1. The Balaban J connectivity index is 1.79. The molecule has 0 fully saturated rings. The number of benzene rings is 1. The number of carbonyl (C=O) groups is 1. The molecule has 0 atom stereocenters. The van der Waals surface area contributed by atoms with E-state index >= 15 is 0 Å². The van der Waals surface area contributed by atoms with E-state index in [4.69, 9.17) is 20.8 Å². The summed E-state index contributed by atoms with van der Waals surface area (Å²) < 4.78 is 13.5. The van der Waals surface area contributed by atoms with Crippen molar-refractivity contribution in [2.45, 2.75) is 17.5 Å². The number of aromatic nitrogens is 4. The van der Waals surface area contributed by atoms with Gasteiger partial charge >= 0.3 is 5.97 Å². The Labute approximate surface area is 180 Å². The fourth-order valence-corrected chi connectivity index (χ4v) is 4.08. The van der Waals surface area contributed by atoms with Gasteiger partial charge in [-0.25, -0.2) is 14.8 Å². The highest BCUT2D eigenvalue weighted by atomic mass is 35.5. The van der Waals surface area contributed by atoms with Crippen LogP contribution in [0.15, 0.2) is 57.2 Å². The van der Waals surface area contributed by atoms with Gasteiger partial charge in [0.1, 0.15) is 16.7 Å². The second-order valence-electron chi connectivity index (χ2n) is 6.43. The molecule has 0 saturated heterocycles. The molecule has 0 unspecified atom stereocenters. The first-order valence-electron chi connectivity index (χ1n) is 8.92. The summed E-state index contributed by atoms with van der Waals surface area (Å²) in [5.74, 6) is 1.34. The van der Waals surface area contributed by atoms with Gasteiger partial charge in [-0.2, -0.15) is 0 Å². The first-order valence-corrected chi connectivity index (χ1v) is 10.3. The smallest absolute Gasteiger partial charge is 0.337 e. The highest BCUT2D eigenvalue weighted by Crippen LogP contribution is 2.24. The molecule has 10 heteroatoms. The van der Waals surface area contributed by atoms with E-state index < -0.39 is 5.97 Å². The summed E-state index contributed by atoms with van der Waals surface area (Å²) >= 11 is 7.42. The molecule has 30 heavy (non-hydrogen) atoms. The number of methoxy groups -OCH3 is 1. The van der Waals surface area contributed by atoms with Crippen LogP contribution in [0.2, 0.25) is 5.15 Å². The zero-order valence-electron chi connectivity index (χ0n) is 16.2. The summed E-state index contributed by atoms with van der Waals surface area (Å²) in [4.78, 5) is 34.0. The Morgan fingerprint density at radius 3 is 2.83 bits per heavy atom. The maximum absolute atomic E-state index is 13.2. The first kappa shape index (κ1) is 20.2. The van der Waals surface area contributed by atoms with Crippen LogP contribution in [0.1, 0.15) is 21.9 Å². The van der Waals surface area contributed by atoms with Crippen LogP contribution < -0.4 is 5.56 Å². The lowest BCUT2D eigenvalue weighted by atomic mass is 10.1. The van der Waals surface area contributed by atoms with Gasteiger partial charge in [-0.1, -0.05) is 23.4 Å². The fraction of sp³-hybridized carbons (Fsp3) is 0.200. The summed E-state index contributed by atoms with van der Waals surface area (Å²) in [7, 11) is 3.12. The van der Waals surface area contributed by atoms with E-state index in [1.807, 2.05) is 7.05 Å². The number of nitrogens with zero attached hydrogens (tertiary/aromatic N) is 4. The van der Waals surface area contributed by atoms with Crippen molar-refractivity contribution in [3.8, 4) is 0 Å². The third kappa shape index (κ3) is 3.86. The van der Waals surface area contributed by atoms with Crippen LogP contribution in [0.5, 0.6) is 0 Å². The predicted molar refractivity (Wildman–Crippen MR) is 113 cm³/mol. The number of furan rings is 1. The summed E-state index contributed by atoms with van der Waals surface area (Å²) in [6, 6.07) is 8.26. The Bertz CT molecular complexity index is 1280. The Kier molecular flexibility index (Phi) is 5.65. The molecule has 0 N–H and O–H groups in total. The van der Waals surface area contributed by atoms with Gasteiger partial charge < -0.3 is 13.7 Å². The van der Waals surface area contributed by atoms with Crippen molar-refractivity contribution in [1.29, 1.82) is 0 Å². The molecule has 0 aliphatic heterocycles. The maximum atomic E-state index is 13.2. The highest BCUT2D eigenvalue weighted by Gasteiger charge is 2.16. The first-order chi connectivity index (χ1) is 14.5. The Hall–Kier alpha value is -3.04. The minimum atomic E-state index is -0.490. The van der Waals surface area contributed by atoms with Gasteiger partial charge in [-0.05, 0) is 30.3 Å². The van der Waals surface area contributed by atoms with Crippen molar-refractivity contribution in [3.63, 3.8) is 0 Å². The van der Waals surface area contributed by atoms with E-state index in [1.54, 1.807) is 51.9 Å². The highest BCUT2D eigenvalue weighted by molar-refractivity contribution is 7.98. The fourth-order valence-electron chi connectivity index (χ4n) is 2.94. The number of imidazole rings is 1. The molecule has 0 aliphatic carbocycles. The third-order valence-corrected chi connectivity index (χ3v) is 5.92. The van der Waals surface area contributed by atoms with E-state index in [0.717, 1.165) is 5.82 Å². The topological polar surface area (TPSA) is 92.2 Å². The number of hydrogen-bond donors (Lipinski definition) is 0.